The lowest BCUT2D eigenvalue weighted by atomic mass is 10.0. The van der Waals surface area contributed by atoms with Gasteiger partial charge in [-0.2, -0.15) is 0 Å². The van der Waals surface area contributed by atoms with Crippen molar-refractivity contribution in [1.82, 2.24) is 10.2 Å². The third-order valence-electron chi connectivity index (χ3n) is 4.65. The summed E-state index contributed by atoms with van der Waals surface area (Å²) < 4.78 is 0. The molecule has 0 aliphatic heterocycles. The van der Waals surface area contributed by atoms with Crippen molar-refractivity contribution in [1.29, 1.82) is 0 Å². The first-order chi connectivity index (χ1) is 11.2. The van der Waals surface area contributed by atoms with Crippen LogP contribution < -0.4 is 5.32 Å². The highest BCUT2D eigenvalue weighted by molar-refractivity contribution is 5.96. The van der Waals surface area contributed by atoms with Gasteiger partial charge in [-0.1, -0.05) is 42.5 Å². The molecule has 1 aliphatic rings. The van der Waals surface area contributed by atoms with Crippen LogP contribution >= 0.6 is 0 Å². The van der Waals surface area contributed by atoms with Gasteiger partial charge in [-0.25, -0.2) is 0 Å². The van der Waals surface area contributed by atoms with E-state index in [9.17, 15) is 4.79 Å². The summed E-state index contributed by atoms with van der Waals surface area (Å²) in [6.07, 6.45) is 3.28. The van der Waals surface area contributed by atoms with Crippen LogP contribution in [0.1, 0.15) is 39.5 Å². The number of carbonyl (C=O) groups is 1. The third-order valence-corrected chi connectivity index (χ3v) is 4.65. The molecule has 1 N–H and O–H groups in total. The zero-order chi connectivity index (χ0) is 16.2. The van der Waals surface area contributed by atoms with Crippen LogP contribution in [0.25, 0.3) is 0 Å². The molecule has 1 amide bonds. The predicted octanol–water partition coefficient (Wildman–Crippen LogP) is 3.21. The standard InChI is InChI=1S/C20H24N2O/c1-22(2)19(16-8-4-3-5-9-16)14-21-20(23)18-13-7-11-15-10-6-12-17(15)18/h3-5,7-9,11,13,19H,6,10,12,14H2,1-2H3,(H,21,23). The van der Waals surface area contributed by atoms with Crippen molar-refractivity contribution in [2.75, 3.05) is 20.6 Å². The smallest absolute Gasteiger partial charge is 0.251 e. The number of hydrogen-bond acceptors (Lipinski definition) is 2. The molecule has 0 saturated heterocycles. The van der Waals surface area contributed by atoms with Gasteiger partial charge in [0, 0.05) is 12.1 Å². The highest BCUT2D eigenvalue weighted by Crippen LogP contribution is 2.25. The molecule has 2 aromatic rings. The van der Waals surface area contributed by atoms with E-state index < -0.39 is 0 Å². The number of benzene rings is 2. The molecule has 0 saturated carbocycles. The number of hydrogen-bond donors (Lipinski definition) is 1. The van der Waals surface area contributed by atoms with E-state index in [-0.39, 0.29) is 11.9 Å². The fraction of sp³-hybridized carbons (Fsp3) is 0.350. The van der Waals surface area contributed by atoms with Crippen molar-refractivity contribution in [2.45, 2.75) is 25.3 Å². The quantitative estimate of drug-likeness (QED) is 0.920. The monoisotopic (exact) mass is 308 g/mol. The Labute approximate surface area is 138 Å². The largest absolute Gasteiger partial charge is 0.350 e. The van der Waals surface area contributed by atoms with Crippen LogP contribution in [0.4, 0.5) is 0 Å². The molecule has 0 spiro atoms. The van der Waals surface area contributed by atoms with Crippen LogP contribution in [-0.4, -0.2) is 31.4 Å². The predicted molar refractivity (Wildman–Crippen MR) is 93.7 cm³/mol. The van der Waals surface area contributed by atoms with Crippen molar-refractivity contribution in [3.05, 3.63) is 70.8 Å². The first-order valence-electron chi connectivity index (χ1n) is 8.27. The van der Waals surface area contributed by atoms with E-state index in [0.29, 0.717) is 6.54 Å². The van der Waals surface area contributed by atoms with E-state index >= 15 is 0 Å². The Morgan fingerprint density at radius 3 is 2.61 bits per heavy atom. The molecular formula is C20H24N2O. The van der Waals surface area contributed by atoms with Gasteiger partial charge in [0.2, 0.25) is 0 Å². The zero-order valence-electron chi connectivity index (χ0n) is 13.9. The highest BCUT2D eigenvalue weighted by Gasteiger charge is 2.20. The SMILES string of the molecule is CN(C)C(CNC(=O)c1cccc2c1CCC2)c1ccccc1. The summed E-state index contributed by atoms with van der Waals surface area (Å²) in [5.41, 5.74) is 4.65. The second-order valence-corrected chi connectivity index (χ2v) is 6.40. The zero-order valence-corrected chi connectivity index (χ0v) is 13.9. The summed E-state index contributed by atoms with van der Waals surface area (Å²) in [4.78, 5) is 14.8. The second-order valence-electron chi connectivity index (χ2n) is 6.40. The van der Waals surface area contributed by atoms with Crippen LogP contribution in [0.5, 0.6) is 0 Å². The average Bonchev–Trinajstić information content (AvgIpc) is 3.04. The van der Waals surface area contributed by atoms with Crippen molar-refractivity contribution >= 4 is 5.91 Å². The van der Waals surface area contributed by atoms with Gasteiger partial charge in [-0.3, -0.25) is 4.79 Å². The second kappa shape index (κ2) is 6.97. The molecule has 0 radical (unpaired) electrons. The number of fused-ring (bicyclic) bond motifs is 1. The fourth-order valence-electron chi connectivity index (χ4n) is 3.39. The van der Waals surface area contributed by atoms with Crippen LogP contribution in [0.15, 0.2) is 48.5 Å². The topological polar surface area (TPSA) is 32.3 Å². The van der Waals surface area contributed by atoms with Crippen LogP contribution in [0.3, 0.4) is 0 Å². The van der Waals surface area contributed by atoms with Crippen molar-refractivity contribution < 1.29 is 4.79 Å². The maximum Gasteiger partial charge on any atom is 0.251 e. The molecule has 0 aromatic heterocycles. The van der Waals surface area contributed by atoms with E-state index in [4.69, 9.17) is 0 Å². The lowest BCUT2D eigenvalue weighted by molar-refractivity contribution is 0.0941. The Morgan fingerprint density at radius 2 is 1.87 bits per heavy atom. The van der Waals surface area contributed by atoms with Gasteiger partial charge >= 0.3 is 0 Å². The highest BCUT2D eigenvalue weighted by atomic mass is 16.1. The van der Waals surface area contributed by atoms with Gasteiger partial charge in [0.1, 0.15) is 0 Å². The van der Waals surface area contributed by atoms with Gasteiger partial charge in [0.05, 0.1) is 6.04 Å². The van der Waals surface area contributed by atoms with Crippen molar-refractivity contribution in [3.63, 3.8) is 0 Å². The molecule has 3 nitrogen and oxygen atoms in total. The molecule has 2 aromatic carbocycles. The number of aryl methyl sites for hydroxylation is 1. The third kappa shape index (κ3) is 3.45. The summed E-state index contributed by atoms with van der Waals surface area (Å²) >= 11 is 0. The van der Waals surface area contributed by atoms with Crippen LogP contribution in [0.2, 0.25) is 0 Å². The summed E-state index contributed by atoms with van der Waals surface area (Å²) in [7, 11) is 4.09. The summed E-state index contributed by atoms with van der Waals surface area (Å²) in [5.74, 6) is 0.0477. The number of carbonyl (C=O) groups excluding carboxylic acids is 1. The Bertz CT molecular complexity index is 679. The molecule has 0 fully saturated rings. The minimum absolute atomic E-state index is 0.0477. The summed E-state index contributed by atoms with van der Waals surface area (Å²) in [6.45, 7) is 0.611. The first-order valence-corrected chi connectivity index (χ1v) is 8.27. The molecule has 1 aliphatic carbocycles. The van der Waals surface area contributed by atoms with E-state index in [0.717, 1.165) is 24.8 Å². The number of amides is 1. The van der Waals surface area contributed by atoms with Gasteiger partial charge in [-0.05, 0) is 56.1 Å². The van der Waals surface area contributed by atoms with Gasteiger partial charge < -0.3 is 10.2 Å². The molecule has 23 heavy (non-hydrogen) atoms. The summed E-state index contributed by atoms with van der Waals surface area (Å²) in [6, 6.07) is 16.6. The Kier molecular flexibility index (Phi) is 4.77. The lowest BCUT2D eigenvalue weighted by Crippen LogP contribution is -2.34. The van der Waals surface area contributed by atoms with Crippen molar-refractivity contribution in [2.24, 2.45) is 0 Å². The fourth-order valence-corrected chi connectivity index (χ4v) is 3.39. The molecule has 1 unspecified atom stereocenters. The summed E-state index contributed by atoms with van der Waals surface area (Å²) in [5, 5.41) is 3.13. The number of nitrogens with one attached hydrogen (secondary N) is 1. The first kappa shape index (κ1) is 15.8. The molecule has 3 heteroatoms. The Hall–Kier alpha value is -2.13. The van der Waals surface area contributed by atoms with Crippen molar-refractivity contribution in [3.8, 4) is 0 Å². The van der Waals surface area contributed by atoms with Gasteiger partial charge in [0.15, 0.2) is 0 Å². The van der Waals surface area contributed by atoms with E-state index in [2.05, 4.69) is 28.4 Å². The Morgan fingerprint density at radius 1 is 1.09 bits per heavy atom. The maximum atomic E-state index is 12.6. The molecule has 0 heterocycles. The van der Waals surface area contributed by atoms with E-state index in [1.165, 1.54) is 16.7 Å². The minimum Gasteiger partial charge on any atom is -0.350 e. The normalized spacial score (nSPS) is 14.6. The number of nitrogens with zero attached hydrogens (tertiary/aromatic N) is 1. The maximum absolute atomic E-state index is 12.6. The van der Waals surface area contributed by atoms with Gasteiger partial charge in [-0.15, -0.1) is 0 Å². The van der Waals surface area contributed by atoms with Crippen LogP contribution in [0, 0.1) is 0 Å². The molecule has 0 bridgehead atoms. The molecular weight excluding hydrogens is 284 g/mol. The molecule has 1 atom stereocenters. The minimum atomic E-state index is 0.0477. The molecule has 120 valence electrons. The van der Waals surface area contributed by atoms with Crippen LogP contribution in [-0.2, 0) is 12.8 Å². The number of likely N-dealkylation sites (N-methyl/N-ethyl adjacent to an activating group) is 1. The Balaban J connectivity index is 1.72. The average molecular weight is 308 g/mol. The van der Waals surface area contributed by atoms with Gasteiger partial charge in [0.25, 0.3) is 5.91 Å². The number of rotatable bonds is 5. The van der Waals surface area contributed by atoms with E-state index in [1.807, 2.05) is 44.4 Å². The molecule has 3 rings (SSSR count). The lowest BCUT2D eigenvalue weighted by Gasteiger charge is -2.25. The van der Waals surface area contributed by atoms with E-state index in [1.54, 1.807) is 0 Å².